The van der Waals surface area contributed by atoms with Crippen molar-refractivity contribution in [2.45, 2.75) is 26.8 Å². The minimum Gasteiger partial charge on any atom is -0.341 e. The molecule has 0 aliphatic heterocycles. The SMILES string of the molecule is CNC(=O)NC(=O)[C@@H](C)N(C)CC(=O)Nc1c(C)cccc1C. The van der Waals surface area contributed by atoms with E-state index in [0.717, 1.165) is 16.8 Å². The van der Waals surface area contributed by atoms with E-state index in [9.17, 15) is 14.4 Å². The van der Waals surface area contributed by atoms with Crippen LogP contribution in [0.1, 0.15) is 18.1 Å². The molecule has 0 heterocycles. The van der Waals surface area contributed by atoms with Crippen molar-refractivity contribution in [3.63, 3.8) is 0 Å². The molecule has 0 unspecified atom stereocenters. The average Bonchev–Trinajstić information content (AvgIpc) is 2.49. The van der Waals surface area contributed by atoms with Gasteiger partial charge in [-0.05, 0) is 38.9 Å². The number of anilines is 1. The first-order valence-corrected chi connectivity index (χ1v) is 7.35. The predicted octanol–water partition coefficient (Wildman–Crippen LogP) is 1.02. The minimum atomic E-state index is -0.615. The van der Waals surface area contributed by atoms with Crippen LogP contribution in [-0.4, -0.2) is 49.4 Å². The summed E-state index contributed by atoms with van der Waals surface area (Å²) in [6.07, 6.45) is 0. The highest BCUT2D eigenvalue weighted by molar-refractivity contribution is 5.97. The van der Waals surface area contributed by atoms with E-state index in [4.69, 9.17) is 0 Å². The predicted molar refractivity (Wildman–Crippen MR) is 89.2 cm³/mol. The maximum Gasteiger partial charge on any atom is 0.321 e. The van der Waals surface area contributed by atoms with Crippen LogP contribution in [0.25, 0.3) is 0 Å². The van der Waals surface area contributed by atoms with Gasteiger partial charge in [-0.15, -0.1) is 0 Å². The summed E-state index contributed by atoms with van der Waals surface area (Å²) in [5.41, 5.74) is 2.74. The van der Waals surface area contributed by atoms with Crippen molar-refractivity contribution in [1.82, 2.24) is 15.5 Å². The maximum absolute atomic E-state index is 12.2. The molecule has 1 rings (SSSR count). The number of nitrogens with one attached hydrogen (secondary N) is 3. The topological polar surface area (TPSA) is 90.5 Å². The third kappa shape index (κ3) is 5.37. The van der Waals surface area contributed by atoms with Crippen LogP contribution in [0.4, 0.5) is 10.5 Å². The second-order valence-electron chi connectivity index (χ2n) is 5.47. The van der Waals surface area contributed by atoms with E-state index in [1.54, 1.807) is 18.9 Å². The third-order valence-electron chi connectivity index (χ3n) is 3.64. The van der Waals surface area contributed by atoms with Gasteiger partial charge in [0.2, 0.25) is 11.8 Å². The number of imide groups is 1. The molecule has 4 amide bonds. The number of nitrogens with zero attached hydrogens (tertiary/aromatic N) is 1. The molecule has 23 heavy (non-hydrogen) atoms. The van der Waals surface area contributed by atoms with Crippen molar-refractivity contribution in [1.29, 1.82) is 0 Å². The van der Waals surface area contributed by atoms with Crippen LogP contribution in [0.3, 0.4) is 0 Å². The number of para-hydroxylation sites is 1. The van der Waals surface area contributed by atoms with Gasteiger partial charge in [-0.2, -0.15) is 0 Å². The first-order valence-electron chi connectivity index (χ1n) is 7.35. The molecule has 0 saturated carbocycles. The molecule has 1 atom stereocenters. The van der Waals surface area contributed by atoms with E-state index in [0.29, 0.717) is 0 Å². The molecule has 7 nitrogen and oxygen atoms in total. The summed E-state index contributed by atoms with van der Waals surface area (Å²) in [6, 6.07) is 4.58. The fourth-order valence-electron chi connectivity index (χ4n) is 2.03. The summed E-state index contributed by atoms with van der Waals surface area (Å²) in [4.78, 5) is 36.7. The number of rotatable bonds is 5. The van der Waals surface area contributed by atoms with Gasteiger partial charge in [0.1, 0.15) is 0 Å². The molecular weight excluding hydrogens is 296 g/mol. The molecule has 1 aromatic rings. The zero-order valence-corrected chi connectivity index (χ0v) is 14.2. The summed E-state index contributed by atoms with van der Waals surface area (Å²) < 4.78 is 0. The lowest BCUT2D eigenvalue weighted by molar-refractivity contribution is -0.125. The van der Waals surface area contributed by atoms with E-state index in [-0.39, 0.29) is 12.5 Å². The molecule has 0 aromatic heterocycles. The lowest BCUT2D eigenvalue weighted by Crippen LogP contribution is -2.49. The quantitative estimate of drug-likeness (QED) is 0.755. The van der Waals surface area contributed by atoms with Crippen LogP contribution in [0.2, 0.25) is 0 Å². The fraction of sp³-hybridized carbons (Fsp3) is 0.438. The molecule has 0 bridgehead atoms. The number of hydrogen-bond acceptors (Lipinski definition) is 4. The summed E-state index contributed by atoms with van der Waals surface area (Å²) in [7, 11) is 3.08. The Labute approximate surface area is 136 Å². The molecule has 7 heteroatoms. The van der Waals surface area contributed by atoms with Crippen molar-refractivity contribution < 1.29 is 14.4 Å². The van der Waals surface area contributed by atoms with Crippen molar-refractivity contribution in [2.75, 3.05) is 26.0 Å². The van der Waals surface area contributed by atoms with Crippen molar-refractivity contribution in [3.8, 4) is 0 Å². The molecule has 3 N–H and O–H groups in total. The zero-order valence-electron chi connectivity index (χ0n) is 14.2. The summed E-state index contributed by atoms with van der Waals surface area (Å²) >= 11 is 0. The standard InChI is InChI=1S/C16H24N4O3/c1-10-7-6-8-11(2)14(10)18-13(21)9-20(5)12(3)15(22)19-16(23)17-4/h6-8,12H,9H2,1-5H3,(H,18,21)(H2,17,19,22,23)/t12-/m1/s1. The Morgan fingerprint density at radius 3 is 2.26 bits per heavy atom. The lowest BCUT2D eigenvalue weighted by atomic mass is 10.1. The van der Waals surface area contributed by atoms with Gasteiger partial charge in [0, 0.05) is 12.7 Å². The number of benzene rings is 1. The second kappa shape index (κ2) is 8.28. The number of carbonyl (C=O) groups is 3. The van der Waals surface area contributed by atoms with Crippen molar-refractivity contribution in [2.24, 2.45) is 0 Å². The Morgan fingerprint density at radius 2 is 1.74 bits per heavy atom. The number of aryl methyl sites for hydroxylation is 2. The fourth-order valence-corrected chi connectivity index (χ4v) is 2.03. The molecular formula is C16H24N4O3. The van der Waals surface area contributed by atoms with Crippen LogP contribution in [0.15, 0.2) is 18.2 Å². The highest BCUT2D eigenvalue weighted by atomic mass is 16.2. The van der Waals surface area contributed by atoms with E-state index in [1.807, 2.05) is 32.0 Å². The summed E-state index contributed by atoms with van der Waals surface area (Å²) in [5.74, 6) is -0.684. The van der Waals surface area contributed by atoms with Gasteiger partial charge >= 0.3 is 6.03 Å². The monoisotopic (exact) mass is 320 g/mol. The van der Waals surface area contributed by atoms with Crippen LogP contribution < -0.4 is 16.0 Å². The number of urea groups is 1. The van der Waals surface area contributed by atoms with Gasteiger partial charge in [0.15, 0.2) is 0 Å². The first-order chi connectivity index (χ1) is 10.8. The Morgan fingerprint density at radius 1 is 1.17 bits per heavy atom. The first kappa shape index (κ1) is 18.6. The van der Waals surface area contributed by atoms with Crippen LogP contribution in [0, 0.1) is 13.8 Å². The van der Waals surface area contributed by atoms with Gasteiger partial charge < -0.3 is 10.6 Å². The van der Waals surface area contributed by atoms with E-state index >= 15 is 0 Å². The Kier molecular flexibility index (Phi) is 6.71. The molecule has 0 fully saturated rings. The highest BCUT2D eigenvalue weighted by Gasteiger charge is 2.21. The van der Waals surface area contributed by atoms with Gasteiger partial charge in [0.05, 0.1) is 12.6 Å². The number of hydrogen-bond donors (Lipinski definition) is 3. The minimum absolute atomic E-state index is 0.0378. The number of carbonyl (C=O) groups excluding carboxylic acids is 3. The van der Waals surface area contributed by atoms with Gasteiger partial charge in [-0.3, -0.25) is 19.8 Å². The van der Waals surface area contributed by atoms with Crippen molar-refractivity contribution in [3.05, 3.63) is 29.3 Å². The average molecular weight is 320 g/mol. The highest BCUT2D eigenvalue weighted by Crippen LogP contribution is 2.19. The van der Waals surface area contributed by atoms with Crippen LogP contribution >= 0.6 is 0 Å². The Bertz CT molecular complexity index is 581. The van der Waals surface area contributed by atoms with Crippen molar-refractivity contribution >= 4 is 23.5 Å². The Balaban J connectivity index is 2.63. The van der Waals surface area contributed by atoms with Crippen LogP contribution in [-0.2, 0) is 9.59 Å². The van der Waals surface area contributed by atoms with Gasteiger partial charge in [-0.25, -0.2) is 4.79 Å². The van der Waals surface area contributed by atoms with Gasteiger partial charge in [-0.1, -0.05) is 18.2 Å². The lowest BCUT2D eigenvalue weighted by Gasteiger charge is -2.23. The third-order valence-corrected chi connectivity index (χ3v) is 3.64. The molecule has 0 saturated heterocycles. The normalized spacial score (nSPS) is 11.7. The molecule has 0 aliphatic carbocycles. The zero-order chi connectivity index (χ0) is 17.6. The summed E-state index contributed by atoms with van der Waals surface area (Å²) in [6.45, 7) is 5.51. The largest absolute Gasteiger partial charge is 0.341 e. The smallest absolute Gasteiger partial charge is 0.321 e. The molecule has 0 spiro atoms. The molecule has 126 valence electrons. The van der Waals surface area contributed by atoms with E-state index in [2.05, 4.69) is 16.0 Å². The van der Waals surface area contributed by atoms with Crippen LogP contribution in [0.5, 0.6) is 0 Å². The maximum atomic E-state index is 12.2. The Hall–Kier alpha value is -2.41. The van der Waals surface area contributed by atoms with Gasteiger partial charge in [0.25, 0.3) is 0 Å². The van der Waals surface area contributed by atoms with E-state index < -0.39 is 18.0 Å². The molecule has 1 aromatic carbocycles. The second-order valence-corrected chi connectivity index (χ2v) is 5.47. The number of amides is 4. The summed E-state index contributed by atoms with van der Waals surface area (Å²) in [5, 5.41) is 7.36. The van der Waals surface area contributed by atoms with E-state index in [1.165, 1.54) is 7.05 Å². The number of likely N-dealkylation sites (N-methyl/N-ethyl adjacent to an activating group) is 1. The molecule has 0 radical (unpaired) electrons. The molecule has 0 aliphatic rings.